The van der Waals surface area contributed by atoms with Gasteiger partial charge < -0.3 is 10.4 Å². The Kier molecular flexibility index (Phi) is 4.54. The second-order valence-electron chi connectivity index (χ2n) is 4.85. The molecule has 0 saturated carbocycles. The molecule has 2 atom stereocenters. The van der Waals surface area contributed by atoms with Gasteiger partial charge in [-0.25, -0.2) is 0 Å². The number of benzene rings is 1. The lowest BCUT2D eigenvalue weighted by Gasteiger charge is -2.37. The maximum absolute atomic E-state index is 9.31. The Balaban J connectivity index is 1.91. The Morgan fingerprint density at radius 3 is 2.76 bits per heavy atom. The van der Waals surface area contributed by atoms with Crippen molar-refractivity contribution in [2.24, 2.45) is 5.92 Å². The highest BCUT2D eigenvalue weighted by Crippen LogP contribution is 2.18. The van der Waals surface area contributed by atoms with E-state index in [-0.39, 0.29) is 0 Å². The normalized spacial score (nSPS) is 26.0. The van der Waals surface area contributed by atoms with Crippen molar-refractivity contribution in [2.75, 3.05) is 26.7 Å². The van der Waals surface area contributed by atoms with Crippen molar-refractivity contribution < 1.29 is 5.11 Å². The molecule has 1 aliphatic rings. The van der Waals surface area contributed by atoms with Gasteiger partial charge in [0.1, 0.15) is 0 Å². The fourth-order valence-electron chi connectivity index (χ4n) is 2.60. The van der Waals surface area contributed by atoms with Crippen LogP contribution in [0.25, 0.3) is 0 Å². The summed E-state index contributed by atoms with van der Waals surface area (Å²) in [5.74, 6) is 0.409. The average Bonchev–Trinajstić information content (AvgIpc) is 2.40. The molecule has 0 aromatic heterocycles. The van der Waals surface area contributed by atoms with E-state index >= 15 is 0 Å². The topological polar surface area (TPSA) is 35.5 Å². The maximum Gasteiger partial charge on any atom is 0.0475 e. The first-order valence-electron chi connectivity index (χ1n) is 6.38. The molecule has 0 amide bonds. The number of aliphatic hydroxyl groups is 1. The monoisotopic (exact) mass is 234 g/mol. The number of hydrogen-bond acceptors (Lipinski definition) is 3. The predicted molar refractivity (Wildman–Crippen MR) is 69.8 cm³/mol. The van der Waals surface area contributed by atoms with Crippen molar-refractivity contribution in [3.8, 4) is 0 Å². The van der Waals surface area contributed by atoms with Crippen LogP contribution in [0.5, 0.6) is 0 Å². The van der Waals surface area contributed by atoms with Gasteiger partial charge in [-0.1, -0.05) is 30.3 Å². The van der Waals surface area contributed by atoms with Crippen LogP contribution in [0.15, 0.2) is 30.3 Å². The molecule has 1 heterocycles. The van der Waals surface area contributed by atoms with E-state index in [1.165, 1.54) is 5.56 Å². The summed E-state index contributed by atoms with van der Waals surface area (Å²) < 4.78 is 0. The highest BCUT2D eigenvalue weighted by molar-refractivity contribution is 5.14. The smallest absolute Gasteiger partial charge is 0.0475 e. The number of nitrogens with zero attached hydrogens (tertiary/aromatic N) is 1. The summed E-state index contributed by atoms with van der Waals surface area (Å²) in [4.78, 5) is 2.46. The molecular weight excluding hydrogens is 212 g/mol. The van der Waals surface area contributed by atoms with Crippen LogP contribution in [0.4, 0.5) is 0 Å². The summed E-state index contributed by atoms with van der Waals surface area (Å²) in [5, 5.41) is 12.6. The first kappa shape index (κ1) is 12.6. The maximum atomic E-state index is 9.31. The molecule has 0 unspecified atom stereocenters. The van der Waals surface area contributed by atoms with Gasteiger partial charge in [-0.3, -0.25) is 4.90 Å². The minimum absolute atomic E-state index is 0.296. The molecule has 3 heteroatoms. The van der Waals surface area contributed by atoms with Crippen LogP contribution >= 0.6 is 0 Å². The summed E-state index contributed by atoms with van der Waals surface area (Å²) >= 11 is 0. The minimum Gasteiger partial charge on any atom is -0.396 e. The van der Waals surface area contributed by atoms with Gasteiger partial charge in [0.05, 0.1) is 0 Å². The number of likely N-dealkylation sites (N-methyl/N-ethyl adjacent to an activating group) is 1. The van der Waals surface area contributed by atoms with E-state index in [0.29, 0.717) is 18.6 Å². The number of rotatable bonds is 4. The van der Waals surface area contributed by atoms with Crippen LogP contribution in [0.1, 0.15) is 12.0 Å². The van der Waals surface area contributed by atoms with Crippen molar-refractivity contribution in [2.45, 2.75) is 19.0 Å². The van der Waals surface area contributed by atoms with E-state index < -0.39 is 0 Å². The van der Waals surface area contributed by atoms with Crippen molar-refractivity contribution in [1.29, 1.82) is 0 Å². The van der Waals surface area contributed by atoms with Gasteiger partial charge in [-0.05, 0) is 31.5 Å². The molecule has 0 spiro atoms. The molecule has 0 radical (unpaired) electrons. The third-order valence-electron chi connectivity index (χ3n) is 3.69. The van der Waals surface area contributed by atoms with Gasteiger partial charge in [0.15, 0.2) is 0 Å². The number of hydrogen-bond donors (Lipinski definition) is 2. The number of likely N-dealkylation sites (tertiary alicyclic amines) is 1. The van der Waals surface area contributed by atoms with Gasteiger partial charge in [-0.2, -0.15) is 0 Å². The van der Waals surface area contributed by atoms with Crippen LogP contribution in [0, 0.1) is 5.92 Å². The lowest BCUT2D eigenvalue weighted by Crippen LogP contribution is -2.50. The molecular formula is C14H22N2O. The van der Waals surface area contributed by atoms with E-state index in [1.807, 2.05) is 7.05 Å². The van der Waals surface area contributed by atoms with Crippen molar-refractivity contribution in [1.82, 2.24) is 10.2 Å². The Hall–Kier alpha value is -0.900. The number of aliphatic hydroxyl groups excluding tert-OH is 1. The molecule has 94 valence electrons. The second-order valence-corrected chi connectivity index (χ2v) is 4.85. The van der Waals surface area contributed by atoms with Gasteiger partial charge in [-0.15, -0.1) is 0 Å². The van der Waals surface area contributed by atoms with E-state index in [2.05, 4.69) is 40.5 Å². The summed E-state index contributed by atoms with van der Waals surface area (Å²) in [7, 11) is 1.99. The lowest BCUT2D eigenvalue weighted by molar-refractivity contribution is 0.0949. The number of nitrogens with one attached hydrogen (secondary N) is 1. The molecule has 1 saturated heterocycles. The summed E-state index contributed by atoms with van der Waals surface area (Å²) in [6.45, 7) is 3.41. The van der Waals surface area contributed by atoms with Crippen molar-refractivity contribution in [3.63, 3.8) is 0 Å². The third-order valence-corrected chi connectivity index (χ3v) is 3.69. The Morgan fingerprint density at radius 1 is 1.35 bits per heavy atom. The predicted octanol–water partition coefficient (Wildman–Crippen LogP) is 1.09. The van der Waals surface area contributed by atoms with Gasteiger partial charge >= 0.3 is 0 Å². The van der Waals surface area contributed by atoms with Crippen LogP contribution in [0.3, 0.4) is 0 Å². The zero-order chi connectivity index (χ0) is 12.1. The fourth-order valence-corrected chi connectivity index (χ4v) is 2.60. The second kappa shape index (κ2) is 6.15. The zero-order valence-corrected chi connectivity index (χ0v) is 10.5. The standard InChI is InChI=1S/C14H22N2O/c1-15-14-10-16(8-7-13(14)11-17)9-12-5-3-2-4-6-12/h2-6,13-15,17H,7-11H2,1H3/t13-,14-/m0/s1. The van der Waals surface area contributed by atoms with Gasteiger partial charge in [0.2, 0.25) is 0 Å². The number of piperidine rings is 1. The molecule has 17 heavy (non-hydrogen) atoms. The molecule has 2 rings (SSSR count). The Bertz CT molecular complexity index is 328. The first-order chi connectivity index (χ1) is 8.33. The minimum atomic E-state index is 0.296. The molecule has 0 bridgehead atoms. The first-order valence-corrected chi connectivity index (χ1v) is 6.38. The molecule has 1 fully saturated rings. The van der Waals surface area contributed by atoms with Crippen molar-refractivity contribution >= 4 is 0 Å². The molecule has 3 nitrogen and oxygen atoms in total. The van der Waals surface area contributed by atoms with Crippen LogP contribution in [-0.2, 0) is 6.54 Å². The SMILES string of the molecule is CN[C@H]1CN(Cc2ccccc2)CC[C@H]1CO. The quantitative estimate of drug-likeness (QED) is 0.818. The van der Waals surface area contributed by atoms with Crippen molar-refractivity contribution in [3.05, 3.63) is 35.9 Å². The van der Waals surface area contributed by atoms with E-state index in [1.54, 1.807) is 0 Å². The van der Waals surface area contributed by atoms with E-state index in [0.717, 1.165) is 26.1 Å². The Labute approximate surface area is 103 Å². The van der Waals surface area contributed by atoms with Crippen LogP contribution in [-0.4, -0.2) is 42.8 Å². The fraction of sp³-hybridized carbons (Fsp3) is 0.571. The van der Waals surface area contributed by atoms with Gasteiger partial charge in [0, 0.05) is 25.7 Å². The van der Waals surface area contributed by atoms with E-state index in [9.17, 15) is 5.11 Å². The molecule has 0 aliphatic carbocycles. The molecule has 2 N–H and O–H groups in total. The average molecular weight is 234 g/mol. The molecule has 1 aliphatic heterocycles. The Morgan fingerprint density at radius 2 is 2.12 bits per heavy atom. The highest BCUT2D eigenvalue weighted by atomic mass is 16.3. The summed E-state index contributed by atoms with van der Waals surface area (Å²) in [6, 6.07) is 11.0. The zero-order valence-electron chi connectivity index (χ0n) is 10.5. The van der Waals surface area contributed by atoms with Gasteiger partial charge in [0.25, 0.3) is 0 Å². The molecule has 1 aromatic carbocycles. The lowest BCUT2D eigenvalue weighted by atomic mass is 9.92. The largest absolute Gasteiger partial charge is 0.396 e. The molecule has 1 aromatic rings. The van der Waals surface area contributed by atoms with E-state index in [4.69, 9.17) is 0 Å². The third kappa shape index (κ3) is 3.28. The summed E-state index contributed by atoms with van der Waals surface area (Å²) in [5.41, 5.74) is 1.37. The highest BCUT2D eigenvalue weighted by Gasteiger charge is 2.27. The van der Waals surface area contributed by atoms with Crippen LogP contribution in [0.2, 0.25) is 0 Å². The van der Waals surface area contributed by atoms with Crippen LogP contribution < -0.4 is 5.32 Å². The summed E-state index contributed by atoms with van der Waals surface area (Å²) in [6.07, 6.45) is 1.08.